The number of pyridine rings is 1. The maximum absolute atomic E-state index is 12.2. The number of aliphatic carboxylic acids is 1. The van der Waals surface area contributed by atoms with Gasteiger partial charge in [-0.3, -0.25) is 9.78 Å². The molecule has 1 heterocycles. The van der Waals surface area contributed by atoms with Gasteiger partial charge in [0.05, 0.1) is 6.42 Å². The van der Waals surface area contributed by atoms with E-state index in [1.54, 1.807) is 0 Å². The average Bonchev–Trinajstić information content (AvgIpc) is 2.15. The number of alkyl halides is 2. The minimum absolute atomic E-state index is 0.0975. The van der Waals surface area contributed by atoms with Crippen molar-refractivity contribution in [2.75, 3.05) is 0 Å². The summed E-state index contributed by atoms with van der Waals surface area (Å²) in [6.45, 7) is 0. The van der Waals surface area contributed by atoms with Crippen molar-refractivity contribution in [2.45, 2.75) is 19.3 Å². The van der Waals surface area contributed by atoms with E-state index in [-0.39, 0.29) is 18.4 Å². The Labute approximate surface area is 79.4 Å². The largest absolute Gasteiger partial charge is 0.481 e. The Balaban J connectivity index is 2.68. The van der Waals surface area contributed by atoms with E-state index < -0.39 is 12.4 Å². The van der Waals surface area contributed by atoms with Crippen LogP contribution in [-0.4, -0.2) is 16.1 Å². The van der Waals surface area contributed by atoms with Crippen molar-refractivity contribution in [3.05, 3.63) is 29.6 Å². The number of rotatable bonds is 4. The summed E-state index contributed by atoms with van der Waals surface area (Å²) in [4.78, 5) is 14.0. The van der Waals surface area contributed by atoms with Gasteiger partial charge in [0, 0.05) is 23.9 Å². The second kappa shape index (κ2) is 4.64. The van der Waals surface area contributed by atoms with Crippen LogP contribution in [0, 0.1) is 0 Å². The van der Waals surface area contributed by atoms with Crippen molar-refractivity contribution in [3.63, 3.8) is 0 Å². The third-order valence-electron chi connectivity index (χ3n) is 1.69. The van der Waals surface area contributed by atoms with Gasteiger partial charge in [0.2, 0.25) is 0 Å². The molecule has 0 aliphatic carbocycles. The first-order valence-electron chi connectivity index (χ1n) is 4.04. The Bertz CT molecular complexity index is 328. The fourth-order valence-corrected chi connectivity index (χ4v) is 1.00. The molecule has 0 fully saturated rings. The zero-order valence-electron chi connectivity index (χ0n) is 7.28. The van der Waals surface area contributed by atoms with Crippen molar-refractivity contribution in [1.29, 1.82) is 0 Å². The number of carbonyl (C=O) groups is 1. The van der Waals surface area contributed by atoms with Gasteiger partial charge in [-0.05, 0) is 12.1 Å². The molecule has 0 atom stereocenters. The first-order valence-corrected chi connectivity index (χ1v) is 4.04. The van der Waals surface area contributed by atoms with Crippen LogP contribution in [0.5, 0.6) is 0 Å². The van der Waals surface area contributed by atoms with Gasteiger partial charge in [-0.15, -0.1) is 0 Å². The van der Waals surface area contributed by atoms with Crippen molar-refractivity contribution < 1.29 is 18.7 Å². The highest BCUT2D eigenvalue weighted by Crippen LogP contribution is 2.18. The predicted molar refractivity (Wildman–Crippen MR) is 45.2 cm³/mol. The quantitative estimate of drug-likeness (QED) is 0.810. The maximum atomic E-state index is 12.2. The van der Waals surface area contributed by atoms with Gasteiger partial charge in [-0.25, -0.2) is 8.78 Å². The predicted octanol–water partition coefficient (Wildman–Crippen LogP) is 2.04. The molecule has 5 heteroatoms. The highest BCUT2D eigenvalue weighted by molar-refractivity contribution is 5.66. The van der Waals surface area contributed by atoms with Crippen LogP contribution in [0.15, 0.2) is 18.3 Å². The molecule has 1 aromatic rings. The fourth-order valence-electron chi connectivity index (χ4n) is 1.00. The summed E-state index contributed by atoms with van der Waals surface area (Å²) in [5.74, 6) is -0.964. The van der Waals surface area contributed by atoms with Crippen molar-refractivity contribution in [3.8, 4) is 0 Å². The second-order valence-electron chi connectivity index (χ2n) is 2.77. The zero-order chi connectivity index (χ0) is 10.6. The Hall–Kier alpha value is -1.52. The van der Waals surface area contributed by atoms with Crippen LogP contribution in [0.2, 0.25) is 0 Å². The third kappa shape index (κ3) is 3.08. The lowest BCUT2D eigenvalue weighted by molar-refractivity contribution is -0.136. The van der Waals surface area contributed by atoms with Gasteiger partial charge in [0.1, 0.15) is 0 Å². The Morgan fingerprint density at radius 1 is 1.57 bits per heavy atom. The summed E-state index contributed by atoms with van der Waals surface area (Å²) < 4.78 is 24.4. The van der Waals surface area contributed by atoms with Crippen LogP contribution in [0.1, 0.15) is 24.1 Å². The van der Waals surface area contributed by atoms with Gasteiger partial charge < -0.3 is 5.11 Å². The molecule has 0 bridgehead atoms. The van der Waals surface area contributed by atoms with Crippen LogP contribution in [-0.2, 0) is 11.2 Å². The summed E-state index contributed by atoms with van der Waals surface area (Å²) in [7, 11) is 0. The van der Waals surface area contributed by atoms with Crippen LogP contribution in [0.3, 0.4) is 0 Å². The maximum Gasteiger partial charge on any atom is 0.303 e. The molecule has 1 rings (SSSR count). The molecular weight excluding hydrogens is 192 g/mol. The lowest BCUT2D eigenvalue weighted by atomic mass is 10.1. The fraction of sp³-hybridized carbons (Fsp3) is 0.333. The molecule has 14 heavy (non-hydrogen) atoms. The van der Waals surface area contributed by atoms with E-state index in [0.717, 1.165) is 0 Å². The molecule has 0 amide bonds. The molecule has 0 saturated carbocycles. The summed E-state index contributed by atoms with van der Waals surface area (Å²) in [5, 5.41) is 8.38. The molecule has 1 N–H and O–H groups in total. The molecule has 0 saturated heterocycles. The molecule has 0 spiro atoms. The molecule has 1 aromatic heterocycles. The molecule has 0 aliphatic heterocycles. The standard InChI is InChI=1S/C9H9F2NO2/c10-9(11)6-3-4-12-7(5-6)1-2-8(13)14/h3-5,9H,1-2H2,(H,13,14). The van der Waals surface area contributed by atoms with Crippen molar-refractivity contribution >= 4 is 5.97 Å². The minimum Gasteiger partial charge on any atom is -0.481 e. The van der Waals surface area contributed by atoms with Crippen molar-refractivity contribution in [2.24, 2.45) is 0 Å². The SMILES string of the molecule is O=C(O)CCc1cc(C(F)F)ccn1. The summed E-state index contributed by atoms with van der Waals surface area (Å²) >= 11 is 0. The highest BCUT2D eigenvalue weighted by atomic mass is 19.3. The number of halogens is 2. The topological polar surface area (TPSA) is 50.2 Å². The van der Waals surface area contributed by atoms with Gasteiger partial charge in [0.25, 0.3) is 6.43 Å². The van der Waals surface area contributed by atoms with Gasteiger partial charge >= 0.3 is 5.97 Å². The molecule has 0 aliphatic rings. The van der Waals surface area contributed by atoms with Crippen LogP contribution in [0.4, 0.5) is 8.78 Å². The minimum atomic E-state index is -2.54. The van der Waals surface area contributed by atoms with Gasteiger partial charge in [-0.1, -0.05) is 0 Å². The number of hydrogen-bond acceptors (Lipinski definition) is 2. The number of hydrogen-bond donors (Lipinski definition) is 1. The lowest BCUT2D eigenvalue weighted by Crippen LogP contribution is -2.00. The van der Waals surface area contributed by atoms with Gasteiger partial charge in [0.15, 0.2) is 0 Å². The van der Waals surface area contributed by atoms with Crippen molar-refractivity contribution in [1.82, 2.24) is 4.98 Å². The summed E-state index contributed by atoms with van der Waals surface area (Å²) in [6.07, 6.45) is -1.20. The first-order chi connectivity index (χ1) is 6.59. The summed E-state index contributed by atoms with van der Waals surface area (Å²) in [5.41, 5.74) is 0.255. The average molecular weight is 201 g/mol. The molecule has 0 aromatic carbocycles. The molecular formula is C9H9F2NO2. The van der Waals surface area contributed by atoms with E-state index in [0.29, 0.717) is 5.69 Å². The van der Waals surface area contributed by atoms with E-state index in [1.165, 1.54) is 18.3 Å². The Kier molecular flexibility index (Phi) is 3.50. The van der Waals surface area contributed by atoms with E-state index in [2.05, 4.69) is 4.98 Å². The number of aryl methyl sites for hydroxylation is 1. The number of carboxylic acids is 1. The highest BCUT2D eigenvalue weighted by Gasteiger charge is 2.08. The Morgan fingerprint density at radius 2 is 2.29 bits per heavy atom. The smallest absolute Gasteiger partial charge is 0.303 e. The second-order valence-corrected chi connectivity index (χ2v) is 2.77. The number of aromatic nitrogens is 1. The van der Waals surface area contributed by atoms with Gasteiger partial charge in [-0.2, -0.15) is 0 Å². The normalized spacial score (nSPS) is 10.5. The van der Waals surface area contributed by atoms with E-state index in [1.807, 2.05) is 0 Å². The van der Waals surface area contributed by atoms with E-state index in [9.17, 15) is 13.6 Å². The third-order valence-corrected chi connectivity index (χ3v) is 1.69. The first kappa shape index (κ1) is 10.6. The zero-order valence-corrected chi connectivity index (χ0v) is 7.28. The molecule has 0 unspecified atom stereocenters. The number of carboxylic acid groups (broad SMARTS) is 1. The lowest BCUT2D eigenvalue weighted by Gasteiger charge is -2.01. The van der Waals surface area contributed by atoms with Crippen LogP contribution < -0.4 is 0 Å². The van der Waals surface area contributed by atoms with E-state index >= 15 is 0 Å². The Morgan fingerprint density at radius 3 is 2.86 bits per heavy atom. The van der Waals surface area contributed by atoms with Crippen LogP contribution >= 0.6 is 0 Å². The number of nitrogens with zero attached hydrogens (tertiary/aromatic N) is 1. The van der Waals surface area contributed by atoms with Crippen LogP contribution in [0.25, 0.3) is 0 Å². The summed E-state index contributed by atoms with van der Waals surface area (Å²) in [6, 6.07) is 2.45. The molecule has 76 valence electrons. The molecule has 3 nitrogen and oxygen atoms in total. The molecule has 0 radical (unpaired) electrons. The van der Waals surface area contributed by atoms with E-state index in [4.69, 9.17) is 5.11 Å². The monoisotopic (exact) mass is 201 g/mol.